The van der Waals surface area contributed by atoms with Crippen LogP contribution in [0.5, 0.6) is 0 Å². The lowest BCUT2D eigenvalue weighted by Crippen LogP contribution is -2.45. The molecule has 7 heteroatoms. The Bertz CT molecular complexity index is 1200. The maximum absolute atomic E-state index is 13.0. The van der Waals surface area contributed by atoms with Gasteiger partial charge in [0.1, 0.15) is 5.69 Å². The average molecular weight is 387 g/mol. The van der Waals surface area contributed by atoms with E-state index in [1.54, 1.807) is 6.33 Å². The van der Waals surface area contributed by atoms with Crippen molar-refractivity contribution in [2.45, 2.75) is 19.8 Å². The number of rotatable bonds is 3. The molecule has 146 valence electrons. The highest BCUT2D eigenvalue weighted by atomic mass is 16.1. The van der Waals surface area contributed by atoms with Gasteiger partial charge in [-0.1, -0.05) is 35.3 Å². The minimum absolute atomic E-state index is 0.0673. The number of benzene rings is 2. The van der Waals surface area contributed by atoms with E-state index in [1.807, 2.05) is 47.8 Å². The molecule has 1 aliphatic heterocycles. The van der Waals surface area contributed by atoms with Gasteiger partial charge in [-0.2, -0.15) is 0 Å². The van der Waals surface area contributed by atoms with E-state index in [4.69, 9.17) is 0 Å². The Balaban J connectivity index is 1.35. The number of H-pyrrole nitrogens is 1. The molecule has 7 nitrogen and oxygen atoms in total. The zero-order valence-corrected chi connectivity index (χ0v) is 16.3. The van der Waals surface area contributed by atoms with Crippen molar-refractivity contribution in [2.24, 2.45) is 5.92 Å². The molecule has 1 atom stereocenters. The van der Waals surface area contributed by atoms with Gasteiger partial charge in [0.25, 0.3) is 0 Å². The van der Waals surface area contributed by atoms with Gasteiger partial charge in [0.05, 0.1) is 19.0 Å². The van der Waals surface area contributed by atoms with Crippen molar-refractivity contribution in [1.29, 1.82) is 0 Å². The standard InChI is InChI=1S/C22H22N6O/c1-15-11-20(28-22(25-15)23-14-24-28)27-10-4-7-18(13-27)21(29)26-19-9-8-16-5-2-3-6-17(16)12-19/h2-3,5-6,8-9,11-12,14,18H,4,7,10,13H2,1H3,(H,26,29)/p+1/t18-/m1/s1. The molecule has 1 fully saturated rings. The maximum Gasteiger partial charge on any atom is 0.408 e. The van der Waals surface area contributed by atoms with Crippen molar-refractivity contribution >= 4 is 34.0 Å². The number of carbonyl (C=O) groups is 1. The number of piperidine rings is 1. The van der Waals surface area contributed by atoms with E-state index in [9.17, 15) is 4.79 Å². The van der Waals surface area contributed by atoms with Crippen molar-refractivity contribution in [3.63, 3.8) is 0 Å². The third kappa shape index (κ3) is 3.40. The molecule has 0 spiro atoms. The zero-order chi connectivity index (χ0) is 19.8. The Morgan fingerprint density at radius 2 is 2.07 bits per heavy atom. The fourth-order valence-electron chi connectivity index (χ4n) is 4.09. The first kappa shape index (κ1) is 17.6. The molecule has 0 saturated carbocycles. The lowest BCUT2D eigenvalue weighted by molar-refractivity contribution is -0.567. The second-order valence-corrected chi connectivity index (χ2v) is 7.61. The third-order valence-corrected chi connectivity index (χ3v) is 5.54. The van der Waals surface area contributed by atoms with Crippen LogP contribution in [0.15, 0.2) is 54.9 Å². The Morgan fingerprint density at radius 3 is 2.97 bits per heavy atom. The lowest BCUT2D eigenvalue weighted by Gasteiger charge is -2.30. The predicted molar refractivity (Wildman–Crippen MR) is 112 cm³/mol. The van der Waals surface area contributed by atoms with Crippen LogP contribution in [0.2, 0.25) is 0 Å². The minimum atomic E-state index is -0.0673. The van der Waals surface area contributed by atoms with Gasteiger partial charge in [-0.3, -0.25) is 4.79 Å². The van der Waals surface area contributed by atoms with Gasteiger partial charge in [-0.05, 0) is 42.7 Å². The normalized spacial score (nSPS) is 17.0. The summed E-state index contributed by atoms with van der Waals surface area (Å²) in [6, 6.07) is 16.3. The van der Waals surface area contributed by atoms with Gasteiger partial charge < -0.3 is 10.2 Å². The summed E-state index contributed by atoms with van der Waals surface area (Å²) in [5.41, 5.74) is 1.76. The summed E-state index contributed by atoms with van der Waals surface area (Å²) in [5.74, 6) is 1.64. The van der Waals surface area contributed by atoms with E-state index in [1.165, 1.54) is 5.39 Å². The van der Waals surface area contributed by atoms with E-state index >= 15 is 0 Å². The number of amides is 1. The Morgan fingerprint density at radius 1 is 1.21 bits per heavy atom. The van der Waals surface area contributed by atoms with E-state index in [0.29, 0.717) is 12.3 Å². The van der Waals surface area contributed by atoms with E-state index in [-0.39, 0.29) is 11.8 Å². The Hall–Kier alpha value is -3.48. The molecular weight excluding hydrogens is 364 g/mol. The molecule has 2 aromatic heterocycles. The van der Waals surface area contributed by atoms with Crippen molar-refractivity contribution in [2.75, 3.05) is 23.3 Å². The van der Waals surface area contributed by atoms with Crippen LogP contribution in [-0.2, 0) is 4.79 Å². The summed E-state index contributed by atoms with van der Waals surface area (Å²) in [4.78, 5) is 23.9. The highest BCUT2D eigenvalue weighted by Crippen LogP contribution is 2.24. The van der Waals surface area contributed by atoms with Gasteiger partial charge >= 0.3 is 5.78 Å². The second-order valence-electron chi connectivity index (χ2n) is 7.61. The summed E-state index contributed by atoms with van der Waals surface area (Å²) in [6.07, 6.45) is 3.49. The number of aromatic nitrogens is 4. The van der Waals surface area contributed by atoms with E-state index in [2.05, 4.69) is 37.4 Å². The summed E-state index contributed by atoms with van der Waals surface area (Å²) >= 11 is 0. The number of hydrogen-bond acceptors (Lipinski definition) is 4. The molecule has 0 unspecified atom stereocenters. The summed E-state index contributed by atoms with van der Waals surface area (Å²) < 4.78 is 1.87. The van der Waals surface area contributed by atoms with Crippen molar-refractivity contribution in [3.8, 4) is 0 Å². The number of fused-ring (bicyclic) bond motifs is 2. The van der Waals surface area contributed by atoms with Crippen LogP contribution >= 0.6 is 0 Å². The molecule has 2 N–H and O–H groups in total. The minimum Gasteiger partial charge on any atom is -0.326 e. The molecule has 2 aromatic carbocycles. The molecule has 3 heterocycles. The molecular formula is C22H23N6O+. The van der Waals surface area contributed by atoms with Gasteiger partial charge in [-0.25, -0.2) is 5.10 Å². The average Bonchev–Trinajstić information content (AvgIpc) is 3.21. The molecule has 5 rings (SSSR count). The molecule has 29 heavy (non-hydrogen) atoms. The van der Waals surface area contributed by atoms with Gasteiger partial charge in [-0.15, -0.1) is 9.50 Å². The summed E-state index contributed by atoms with van der Waals surface area (Å²) in [6.45, 7) is 3.54. The second kappa shape index (κ2) is 7.16. The molecule has 0 aliphatic carbocycles. The van der Waals surface area contributed by atoms with Crippen molar-refractivity contribution in [1.82, 2.24) is 15.1 Å². The zero-order valence-electron chi connectivity index (χ0n) is 16.3. The van der Waals surface area contributed by atoms with Gasteiger partial charge in [0.15, 0.2) is 6.33 Å². The number of nitrogens with one attached hydrogen (secondary N) is 2. The number of anilines is 2. The first-order valence-corrected chi connectivity index (χ1v) is 9.95. The quantitative estimate of drug-likeness (QED) is 0.530. The largest absolute Gasteiger partial charge is 0.408 e. The molecule has 1 aliphatic rings. The maximum atomic E-state index is 13.0. The molecule has 0 bridgehead atoms. The highest BCUT2D eigenvalue weighted by molar-refractivity contribution is 5.96. The van der Waals surface area contributed by atoms with Crippen LogP contribution in [0.1, 0.15) is 18.5 Å². The topological polar surface area (TPSA) is 78.0 Å². The van der Waals surface area contributed by atoms with Crippen LogP contribution in [0.3, 0.4) is 0 Å². The van der Waals surface area contributed by atoms with Gasteiger partial charge in [0.2, 0.25) is 11.7 Å². The number of carbonyl (C=O) groups excluding carboxylic acids is 1. The predicted octanol–water partition coefficient (Wildman–Crippen LogP) is 2.86. The van der Waals surface area contributed by atoms with Crippen LogP contribution in [0, 0.1) is 12.8 Å². The first-order chi connectivity index (χ1) is 14.2. The Labute approximate surface area is 168 Å². The summed E-state index contributed by atoms with van der Waals surface area (Å²) in [5, 5.41) is 8.52. The molecule has 0 radical (unpaired) electrons. The first-order valence-electron chi connectivity index (χ1n) is 9.95. The SMILES string of the molecule is Cc1cc(N2CCC[C@@H](C(=O)Nc3ccc4ccccc4c3)C2)[n+]2[nH]cnc2n1. The van der Waals surface area contributed by atoms with Gasteiger partial charge in [0, 0.05) is 11.8 Å². The molecule has 4 aromatic rings. The smallest absolute Gasteiger partial charge is 0.326 e. The van der Waals surface area contributed by atoms with Crippen LogP contribution in [0.25, 0.3) is 16.6 Å². The molecule has 1 saturated heterocycles. The van der Waals surface area contributed by atoms with E-state index in [0.717, 1.165) is 42.0 Å². The summed E-state index contributed by atoms with van der Waals surface area (Å²) in [7, 11) is 0. The van der Waals surface area contributed by atoms with Crippen LogP contribution < -0.4 is 14.7 Å². The van der Waals surface area contributed by atoms with Crippen LogP contribution in [0.4, 0.5) is 11.5 Å². The lowest BCUT2D eigenvalue weighted by atomic mass is 9.97. The monoisotopic (exact) mass is 387 g/mol. The number of aromatic amines is 1. The molecule has 1 amide bonds. The van der Waals surface area contributed by atoms with Crippen LogP contribution in [-0.4, -0.2) is 34.1 Å². The Kier molecular flexibility index (Phi) is 4.35. The fraction of sp³-hybridized carbons (Fsp3) is 0.273. The van der Waals surface area contributed by atoms with E-state index < -0.39 is 0 Å². The number of hydrogen-bond donors (Lipinski definition) is 2. The van der Waals surface area contributed by atoms with Crippen molar-refractivity contribution in [3.05, 3.63) is 60.6 Å². The third-order valence-electron chi connectivity index (χ3n) is 5.54. The number of nitrogens with zero attached hydrogens (tertiary/aromatic N) is 4. The fourth-order valence-corrected chi connectivity index (χ4v) is 4.09. The highest BCUT2D eigenvalue weighted by Gasteiger charge is 2.30. The van der Waals surface area contributed by atoms with Crippen molar-refractivity contribution < 1.29 is 9.31 Å². The number of aryl methyl sites for hydroxylation is 1.